The lowest BCUT2D eigenvalue weighted by Gasteiger charge is -2.34. The minimum absolute atomic E-state index is 0.0589. The monoisotopic (exact) mass is 424 g/mol. The molecule has 1 saturated heterocycles. The summed E-state index contributed by atoms with van der Waals surface area (Å²) in [5, 5.41) is 7.68. The Bertz CT molecular complexity index is 955. The summed E-state index contributed by atoms with van der Waals surface area (Å²) in [7, 11) is 0. The number of nitrogens with zero attached hydrogens (tertiary/aromatic N) is 5. The van der Waals surface area contributed by atoms with E-state index in [0.29, 0.717) is 17.3 Å². The Morgan fingerprint density at radius 2 is 1.80 bits per heavy atom. The van der Waals surface area contributed by atoms with Crippen LogP contribution in [0, 0.1) is 0 Å². The molecule has 1 aliphatic rings. The Kier molecular flexibility index (Phi) is 6.74. The minimum atomic E-state index is -0.0589. The highest BCUT2D eigenvalue weighted by atomic mass is 35.5. The molecule has 1 amide bonds. The van der Waals surface area contributed by atoms with Crippen molar-refractivity contribution in [2.24, 2.45) is 0 Å². The molecule has 1 aromatic heterocycles. The summed E-state index contributed by atoms with van der Waals surface area (Å²) in [4.78, 5) is 21.3. The zero-order valence-corrected chi connectivity index (χ0v) is 17.5. The maximum absolute atomic E-state index is 12.7. The lowest BCUT2D eigenvalue weighted by Crippen LogP contribution is -2.49. The topological polar surface area (TPSA) is 66.3 Å². The van der Waals surface area contributed by atoms with Crippen LogP contribution in [0.25, 0.3) is 5.69 Å². The third kappa shape index (κ3) is 5.44. The van der Waals surface area contributed by atoms with E-state index in [0.717, 1.165) is 44.8 Å². The standard InChI is InChI=1S/C22H25ClN6O/c23-19-6-7-21(29-17-24-16-25-29)20(14-19)26-22(30)15-28-12-10-27(11-13-28)9-8-18-4-2-1-3-5-18/h1-7,14,16-17H,8-13,15H2,(H,26,30). The number of amides is 1. The van der Waals surface area contributed by atoms with Crippen LogP contribution in [0.1, 0.15) is 5.56 Å². The number of halogens is 1. The van der Waals surface area contributed by atoms with Crippen molar-refractivity contribution in [3.63, 3.8) is 0 Å². The molecule has 2 aromatic carbocycles. The first-order chi connectivity index (χ1) is 14.7. The van der Waals surface area contributed by atoms with Gasteiger partial charge in [0.1, 0.15) is 12.7 Å². The van der Waals surface area contributed by atoms with Crippen molar-refractivity contribution in [3.8, 4) is 5.69 Å². The number of benzene rings is 2. The SMILES string of the molecule is O=C(CN1CCN(CCc2ccccc2)CC1)Nc1cc(Cl)ccc1-n1cncn1. The van der Waals surface area contributed by atoms with Crippen LogP contribution in [0.3, 0.4) is 0 Å². The zero-order chi connectivity index (χ0) is 20.8. The molecule has 1 aliphatic heterocycles. The van der Waals surface area contributed by atoms with E-state index in [2.05, 4.69) is 49.5 Å². The quantitative estimate of drug-likeness (QED) is 0.631. The Morgan fingerprint density at radius 3 is 2.53 bits per heavy atom. The molecular formula is C22H25ClN6O. The summed E-state index contributed by atoms with van der Waals surface area (Å²) in [6.45, 7) is 5.12. The highest BCUT2D eigenvalue weighted by Crippen LogP contribution is 2.24. The van der Waals surface area contributed by atoms with Gasteiger partial charge in [-0.15, -0.1) is 0 Å². The molecule has 0 aliphatic carbocycles. The van der Waals surface area contributed by atoms with Crippen molar-refractivity contribution in [3.05, 3.63) is 71.8 Å². The number of anilines is 1. The van der Waals surface area contributed by atoms with Crippen molar-refractivity contribution in [1.82, 2.24) is 24.6 Å². The highest BCUT2D eigenvalue weighted by Gasteiger charge is 2.19. The maximum Gasteiger partial charge on any atom is 0.238 e. The molecule has 3 aromatic rings. The van der Waals surface area contributed by atoms with Gasteiger partial charge in [0.15, 0.2) is 0 Å². The number of carbonyl (C=O) groups is 1. The molecule has 30 heavy (non-hydrogen) atoms. The van der Waals surface area contributed by atoms with E-state index in [-0.39, 0.29) is 5.91 Å². The Morgan fingerprint density at radius 1 is 1.03 bits per heavy atom. The number of rotatable bonds is 7. The van der Waals surface area contributed by atoms with E-state index in [1.165, 1.54) is 11.9 Å². The molecule has 0 atom stereocenters. The van der Waals surface area contributed by atoms with Gasteiger partial charge in [0.25, 0.3) is 0 Å². The van der Waals surface area contributed by atoms with Crippen molar-refractivity contribution >= 4 is 23.2 Å². The van der Waals surface area contributed by atoms with Crippen molar-refractivity contribution in [1.29, 1.82) is 0 Å². The third-order valence-corrected chi connectivity index (χ3v) is 5.53. The molecule has 0 unspecified atom stereocenters. The fourth-order valence-electron chi connectivity index (χ4n) is 3.64. The van der Waals surface area contributed by atoms with Gasteiger partial charge >= 0.3 is 0 Å². The van der Waals surface area contributed by atoms with E-state index < -0.39 is 0 Å². The normalized spacial score (nSPS) is 15.2. The van der Waals surface area contributed by atoms with Crippen LogP contribution in [0.5, 0.6) is 0 Å². The molecule has 8 heteroatoms. The summed E-state index contributed by atoms with van der Waals surface area (Å²) in [5.74, 6) is -0.0589. The lowest BCUT2D eigenvalue weighted by molar-refractivity contribution is -0.117. The zero-order valence-electron chi connectivity index (χ0n) is 16.7. The second-order valence-corrected chi connectivity index (χ2v) is 7.84. The molecule has 7 nitrogen and oxygen atoms in total. The maximum atomic E-state index is 12.7. The first-order valence-corrected chi connectivity index (χ1v) is 10.5. The molecule has 0 spiro atoms. The predicted molar refractivity (Wildman–Crippen MR) is 118 cm³/mol. The lowest BCUT2D eigenvalue weighted by atomic mass is 10.1. The second kappa shape index (κ2) is 9.84. The molecule has 1 fully saturated rings. The van der Waals surface area contributed by atoms with Crippen LogP contribution < -0.4 is 5.32 Å². The molecule has 156 valence electrons. The van der Waals surface area contributed by atoms with Crippen molar-refractivity contribution in [2.75, 3.05) is 44.6 Å². The average molecular weight is 425 g/mol. The second-order valence-electron chi connectivity index (χ2n) is 7.40. The smallest absolute Gasteiger partial charge is 0.238 e. The van der Waals surface area contributed by atoms with Crippen LogP contribution in [0.15, 0.2) is 61.2 Å². The van der Waals surface area contributed by atoms with E-state index in [1.54, 1.807) is 23.1 Å². The minimum Gasteiger partial charge on any atom is -0.323 e. The number of aromatic nitrogens is 3. The van der Waals surface area contributed by atoms with Gasteiger partial charge in [0.2, 0.25) is 5.91 Å². The Hall–Kier alpha value is -2.74. The largest absolute Gasteiger partial charge is 0.323 e. The third-order valence-electron chi connectivity index (χ3n) is 5.29. The van der Waals surface area contributed by atoms with Gasteiger partial charge in [-0.3, -0.25) is 9.69 Å². The van der Waals surface area contributed by atoms with E-state index in [9.17, 15) is 4.79 Å². The summed E-state index contributed by atoms with van der Waals surface area (Å²) in [5.41, 5.74) is 2.72. The first-order valence-electron chi connectivity index (χ1n) is 10.1. The van der Waals surface area contributed by atoms with Crippen molar-refractivity contribution in [2.45, 2.75) is 6.42 Å². The Labute approximate surface area is 181 Å². The van der Waals surface area contributed by atoms with Gasteiger partial charge in [-0.05, 0) is 30.2 Å². The van der Waals surface area contributed by atoms with Gasteiger partial charge in [0.05, 0.1) is 17.9 Å². The number of nitrogens with one attached hydrogen (secondary N) is 1. The molecule has 1 N–H and O–H groups in total. The highest BCUT2D eigenvalue weighted by molar-refractivity contribution is 6.31. The van der Waals surface area contributed by atoms with E-state index in [1.807, 2.05) is 12.1 Å². The molecule has 0 saturated carbocycles. The summed E-state index contributed by atoms with van der Waals surface area (Å²) in [6.07, 6.45) is 4.10. The molecular weight excluding hydrogens is 400 g/mol. The predicted octanol–water partition coefficient (Wildman–Crippen LogP) is 2.72. The van der Waals surface area contributed by atoms with Crippen LogP contribution in [-0.2, 0) is 11.2 Å². The van der Waals surface area contributed by atoms with E-state index >= 15 is 0 Å². The average Bonchev–Trinajstić information content (AvgIpc) is 3.29. The summed E-state index contributed by atoms with van der Waals surface area (Å²) < 4.78 is 1.61. The van der Waals surface area contributed by atoms with Gasteiger partial charge in [-0.25, -0.2) is 9.67 Å². The fourth-order valence-corrected chi connectivity index (χ4v) is 3.81. The fraction of sp³-hybridized carbons (Fsp3) is 0.318. The first kappa shape index (κ1) is 20.5. The summed E-state index contributed by atoms with van der Waals surface area (Å²) in [6, 6.07) is 15.9. The number of carbonyl (C=O) groups excluding carboxylic acids is 1. The van der Waals surface area contributed by atoms with Crippen LogP contribution in [0.2, 0.25) is 5.02 Å². The van der Waals surface area contributed by atoms with Crippen LogP contribution in [0.4, 0.5) is 5.69 Å². The van der Waals surface area contributed by atoms with Gasteiger partial charge in [0, 0.05) is 37.7 Å². The number of hydrogen-bond acceptors (Lipinski definition) is 5. The molecule has 4 rings (SSSR count). The van der Waals surface area contributed by atoms with Gasteiger partial charge < -0.3 is 10.2 Å². The molecule has 0 bridgehead atoms. The van der Waals surface area contributed by atoms with Crippen molar-refractivity contribution < 1.29 is 4.79 Å². The molecule has 2 heterocycles. The number of piperazine rings is 1. The number of hydrogen-bond donors (Lipinski definition) is 1. The van der Waals surface area contributed by atoms with Gasteiger partial charge in [-0.1, -0.05) is 41.9 Å². The Balaban J connectivity index is 1.27. The molecule has 0 radical (unpaired) electrons. The van der Waals surface area contributed by atoms with E-state index in [4.69, 9.17) is 11.6 Å². The summed E-state index contributed by atoms with van der Waals surface area (Å²) >= 11 is 6.13. The van der Waals surface area contributed by atoms with Gasteiger partial charge in [-0.2, -0.15) is 5.10 Å². The van der Waals surface area contributed by atoms with Crippen LogP contribution >= 0.6 is 11.6 Å². The van der Waals surface area contributed by atoms with Crippen LogP contribution in [-0.4, -0.2) is 69.7 Å².